The summed E-state index contributed by atoms with van der Waals surface area (Å²) >= 11 is 0. The molecule has 1 atom stereocenters. The van der Waals surface area contributed by atoms with Crippen molar-refractivity contribution in [3.05, 3.63) is 0 Å². The Morgan fingerprint density at radius 2 is 1.78 bits per heavy atom. The number of likely N-dealkylation sites (N-methyl/N-ethyl adjacent to an activating group) is 1. The van der Waals surface area contributed by atoms with Crippen LogP contribution in [0.5, 0.6) is 0 Å². The molecule has 1 fully saturated rings. The van der Waals surface area contributed by atoms with E-state index < -0.39 is 0 Å². The Balaban J connectivity index is 2.35. The Kier molecular flexibility index (Phi) is 8.54. The van der Waals surface area contributed by atoms with Crippen molar-refractivity contribution in [2.75, 3.05) is 59.6 Å². The maximum atomic E-state index is 9.38. The van der Waals surface area contributed by atoms with Crippen molar-refractivity contribution in [2.24, 2.45) is 0 Å². The van der Waals surface area contributed by atoms with E-state index in [1.165, 1.54) is 6.42 Å². The maximum Gasteiger partial charge on any atom is 0.0959 e. The van der Waals surface area contributed by atoms with E-state index in [9.17, 15) is 5.11 Å². The number of rotatable bonds is 1. The number of aliphatic hydroxyl groups excluding tert-OH is 1. The summed E-state index contributed by atoms with van der Waals surface area (Å²) < 4.78 is 0. The Morgan fingerprint density at radius 1 is 1.06 bits per heavy atom. The normalized spacial score (nSPS) is 27.8. The zero-order chi connectivity index (χ0) is 13.2. The van der Waals surface area contributed by atoms with Crippen LogP contribution < -0.4 is 10.6 Å². The number of hydrogen-bond acceptors (Lipinski definition) is 5. The molecular formula is C13H30N4O. The van der Waals surface area contributed by atoms with Crippen LogP contribution in [0.3, 0.4) is 0 Å². The SMILES string of the molecule is CC1CNCCN(C)CCNCCCCN1CO. The molecule has 0 bridgehead atoms. The lowest BCUT2D eigenvalue weighted by Gasteiger charge is -2.28. The van der Waals surface area contributed by atoms with Gasteiger partial charge in [0.15, 0.2) is 0 Å². The molecule has 0 saturated carbocycles. The number of nitrogens with one attached hydrogen (secondary N) is 2. The number of nitrogens with zero attached hydrogens (tertiary/aromatic N) is 2. The van der Waals surface area contributed by atoms with Crippen molar-refractivity contribution in [1.82, 2.24) is 20.4 Å². The van der Waals surface area contributed by atoms with Crippen LogP contribution >= 0.6 is 0 Å². The highest BCUT2D eigenvalue weighted by Crippen LogP contribution is 2.00. The van der Waals surface area contributed by atoms with Crippen LogP contribution in [0.4, 0.5) is 0 Å². The summed E-state index contributed by atoms with van der Waals surface area (Å²) in [4.78, 5) is 4.49. The molecule has 1 saturated heterocycles. The van der Waals surface area contributed by atoms with E-state index in [1.807, 2.05) is 0 Å². The van der Waals surface area contributed by atoms with E-state index in [0.29, 0.717) is 6.04 Å². The fourth-order valence-corrected chi connectivity index (χ4v) is 2.21. The molecule has 1 unspecified atom stereocenters. The molecule has 18 heavy (non-hydrogen) atoms. The van der Waals surface area contributed by atoms with E-state index in [0.717, 1.165) is 52.2 Å². The van der Waals surface area contributed by atoms with Gasteiger partial charge in [-0.05, 0) is 33.4 Å². The molecule has 5 heteroatoms. The molecule has 0 spiro atoms. The van der Waals surface area contributed by atoms with Crippen LogP contribution in [0.2, 0.25) is 0 Å². The molecule has 1 aliphatic heterocycles. The zero-order valence-corrected chi connectivity index (χ0v) is 12.0. The topological polar surface area (TPSA) is 50.8 Å². The van der Waals surface area contributed by atoms with E-state index in [2.05, 4.69) is 34.4 Å². The monoisotopic (exact) mass is 258 g/mol. The van der Waals surface area contributed by atoms with Crippen LogP contribution in [0.25, 0.3) is 0 Å². The maximum absolute atomic E-state index is 9.38. The van der Waals surface area contributed by atoms with Gasteiger partial charge in [-0.25, -0.2) is 0 Å². The van der Waals surface area contributed by atoms with Crippen molar-refractivity contribution in [1.29, 1.82) is 0 Å². The second-order valence-electron chi connectivity index (χ2n) is 5.27. The molecule has 0 aromatic carbocycles. The second-order valence-corrected chi connectivity index (χ2v) is 5.27. The van der Waals surface area contributed by atoms with E-state index >= 15 is 0 Å². The molecule has 1 aliphatic rings. The van der Waals surface area contributed by atoms with Crippen LogP contribution in [0.15, 0.2) is 0 Å². The second kappa shape index (κ2) is 9.69. The van der Waals surface area contributed by atoms with Crippen molar-refractivity contribution >= 4 is 0 Å². The van der Waals surface area contributed by atoms with Crippen molar-refractivity contribution in [3.63, 3.8) is 0 Å². The van der Waals surface area contributed by atoms with Crippen molar-refractivity contribution in [2.45, 2.75) is 25.8 Å². The molecular weight excluding hydrogens is 228 g/mol. The Bertz CT molecular complexity index is 203. The first kappa shape index (κ1) is 15.9. The highest BCUT2D eigenvalue weighted by atomic mass is 16.3. The number of hydrogen-bond donors (Lipinski definition) is 3. The molecule has 108 valence electrons. The van der Waals surface area contributed by atoms with Crippen LogP contribution in [-0.4, -0.2) is 80.5 Å². The Hall–Kier alpha value is -0.200. The van der Waals surface area contributed by atoms with Gasteiger partial charge in [0, 0.05) is 45.3 Å². The first-order valence-corrected chi connectivity index (χ1v) is 7.19. The molecule has 0 aliphatic carbocycles. The molecule has 0 amide bonds. The van der Waals surface area contributed by atoms with Gasteiger partial charge >= 0.3 is 0 Å². The predicted molar refractivity (Wildman–Crippen MR) is 75.7 cm³/mol. The third-order valence-corrected chi connectivity index (χ3v) is 3.63. The van der Waals surface area contributed by atoms with Crippen LogP contribution in [0.1, 0.15) is 19.8 Å². The standard InChI is InChI=1S/C13H30N4O/c1-13-11-15-7-10-16(2)9-6-14-5-3-4-8-17(13)12-18/h13-15,18H,3-12H2,1-2H3. The van der Waals surface area contributed by atoms with Gasteiger partial charge in [-0.3, -0.25) is 4.90 Å². The van der Waals surface area contributed by atoms with Crippen LogP contribution in [0, 0.1) is 0 Å². The lowest BCUT2D eigenvalue weighted by molar-refractivity contribution is 0.0717. The third-order valence-electron chi connectivity index (χ3n) is 3.63. The molecule has 1 heterocycles. The fraction of sp³-hybridized carbons (Fsp3) is 1.00. The molecule has 1 rings (SSSR count). The van der Waals surface area contributed by atoms with Gasteiger partial charge in [-0.15, -0.1) is 0 Å². The summed E-state index contributed by atoms with van der Waals surface area (Å²) in [7, 11) is 2.17. The third kappa shape index (κ3) is 6.66. The minimum Gasteiger partial charge on any atom is -0.381 e. The van der Waals surface area contributed by atoms with Crippen molar-refractivity contribution in [3.8, 4) is 0 Å². The fourth-order valence-electron chi connectivity index (χ4n) is 2.21. The predicted octanol–water partition coefficient (Wildman–Crippen LogP) is -0.468. The molecule has 0 aromatic heterocycles. The average molecular weight is 258 g/mol. The molecule has 3 N–H and O–H groups in total. The number of aliphatic hydroxyl groups is 1. The summed E-state index contributed by atoms with van der Waals surface area (Å²) in [6.45, 7) is 9.63. The summed E-state index contributed by atoms with van der Waals surface area (Å²) in [5.74, 6) is 0. The summed E-state index contributed by atoms with van der Waals surface area (Å²) in [5, 5.41) is 16.3. The minimum absolute atomic E-state index is 0.163. The smallest absolute Gasteiger partial charge is 0.0959 e. The largest absolute Gasteiger partial charge is 0.381 e. The minimum atomic E-state index is 0.163. The van der Waals surface area contributed by atoms with Gasteiger partial charge in [-0.1, -0.05) is 0 Å². The highest BCUT2D eigenvalue weighted by molar-refractivity contribution is 4.69. The quantitative estimate of drug-likeness (QED) is 0.594. The first-order valence-electron chi connectivity index (χ1n) is 7.19. The van der Waals surface area contributed by atoms with Crippen molar-refractivity contribution < 1.29 is 5.11 Å². The van der Waals surface area contributed by atoms with E-state index in [1.54, 1.807) is 0 Å². The highest BCUT2D eigenvalue weighted by Gasteiger charge is 2.12. The Morgan fingerprint density at radius 3 is 2.50 bits per heavy atom. The van der Waals surface area contributed by atoms with Gasteiger partial charge in [0.05, 0.1) is 6.73 Å². The average Bonchev–Trinajstić information content (AvgIpc) is 2.37. The van der Waals surface area contributed by atoms with Gasteiger partial charge in [0.1, 0.15) is 0 Å². The zero-order valence-electron chi connectivity index (χ0n) is 12.0. The van der Waals surface area contributed by atoms with Gasteiger partial charge in [0.2, 0.25) is 0 Å². The van der Waals surface area contributed by atoms with Crippen LogP contribution in [-0.2, 0) is 0 Å². The van der Waals surface area contributed by atoms with Gasteiger partial charge in [-0.2, -0.15) is 0 Å². The lowest BCUT2D eigenvalue weighted by Crippen LogP contribution is -2.43. The summed E-state index contributed by atoms with van der Waals surface area (Å²) in [6.07, 6.45) is 2.33. The van der Waals surface area contributed by atoms with E-state index in [4.69, 9.17) is 0 Å². The molecule has 0 aromatic rings. The van der Waals surface area contributed by atoms with Gasteiger partial charge in [0.25, 0.3) is 0 Å². The van der Waals surface area contributed by atoms with E-state index in [-0.39, 0.29) is 6.73 Å². The van der Waals surface area contributed by atoms with Gasteiger partial charge < -0.3 is 20.6 Å². The summed E-state index contributed by atoms with van der Waals surface area (Å²) in [5.41, 5.74) is 0. The summed E-state index contributed by atoms with van der Waals surface area (Å²) in [6, 6.07) is 0.399. The first-order chi connectivity index (χ1) is 8.74. The lowest BCUT2D eigenvalue weighted by atomic mass is 10.2. The Labute approximate surface area is 112 Å². The molecule has 0 radical (unpaired) electrons. The molecule has 5 nitrogen and oxygen atoms in total.